The SMILES string of the molecule is CCNC(=NCC(C)(O)c1ccsc1)NCCS(=O)(=O)NCC1CCCCO1.I. The Morgan fingerprint density at radius 1 is 1.41 bits per heavy atom. The lowest BCUT2D eigenvalue weighted by atomic mass is 10.00. The lowest BCUT2D eigenvalue weighted by molar-refractivity contribution is 0.0200. The fourth-order valence-electron chi connectivity index (χ4n) is 2.80. The van der Waals surface area contributed by atoms with Crippen LogP contribution in [0.25, 0.3) is 0 Å². The Hall–Kier alpha value is -0.470. The molecule has 0 bridgehead atoms. The summed E-state index contributed by atoms with van der Waals surface area (Å²) in [6.07, 6.45) is 2.97. The highest BCUT2D eigenvalue weighted by Gasteiger charge is 2.23. The number of thiophene rings is 1. The van der Waals surface area contributed by atoms with Crippen LogP contribution in [-0.4, -0.2) is 64.1 Å². The summed E-state index contributed by atoms with van der Waals surface area (Å²) in [5.74, 6) is 0.411. The number of aliphatic hydroxyl groups is 1. The van der Waals surface area contributed by atoms with E-state index < -0.39 is 15.6 Å². The van der Waals surface area contributed by atoms with Gasteiger partial charge < -0.3 is 20.5 Å². The Bertz CT molecular complexity index is 705. The highest BCUT2D eigenvalue weighted by Crippen LogP contribution is 2.23. The molecule has 0 spiro atoms. The molecule has 29 heavy (non-hydrogen) atoms. The number of hydrogen-bond acceptors (Lipinski definition) is 6. The summed E-state index contributed by atoms with van der Waals surface area (Å²) in [6, 6.07) is 1.87. The zero-order valence-electron chi connectivity index (χ0n) is 17.0. The summed E-state index contributed by atoms with van der Waals surface area (Å²) in [5, 5.41) is 20.4. The zero-order chi connectivity index (χ0) is 20.5. The first-order valence-electron chi connectivity index (χ1n) is 9.68. The Morgan fingerprint density at radius 2 is 2.21 bits per heavy atom. The van der Waals surface area contributed by atoms with Crippen molar-refractivity contribution in [1.29, 1.82) is 0 Å². The molecular formula is C18H33IN4O4S2. The maximum Gasteiger partial charge on any atom is 0.213 e. The van der Waals surface area contributed by atoms with Crippen LogP contribution in [-0.2, 0) is 20.4 Å². The second-order valence-electron chi connectivity index (χ2n) is 7.06. The molecule has 2 heterocycles. The molecule has 0 amide bonds. The van der Waals surface area contributed by atoms with Crippen molar-refractivity contribution in [2.24, 2.45) is 4.99 Å². The van der Waals surface area contributed by atoms with Gasteiger partial charge in [-0.25, -0.2) is 18.1 Å². The van der Waals surface area contributed by atoms with Gasteiger partial charge in [0.2, 0.25) is 10.0 Å². The van der Waals surface area contributed by atoms with Crippen LogP contribution in [0.1, 0.15) is 38.7 Å². The van der Waals surface area contributed by atoms with Gasteiger partial charge in [0.05, 0.1) is 18.4 Å². The van der Waals surface area contributed by atoms with Crippen molar-refractivity contribution < 1.29 is 18.3 Å². The predicted octanol–water partition coefficient (Wildman–Crippen LogP) is 1.62. The largest absolute Gasteiger partial charge is 0.383 e. The summed E-state index contributed by atoms with van der Waals surface area (Å²) in [4.78, 5) is 4.39. The van der Waals surface area contributed by atoms with Gasteiger partial charge in [0, 0.05) is 26.2 Å². The molecule has 2 rings (SSSR count). The third-order valence-electron chi connectivity index (χ3n) is 4.50. The lowest BCUT2D eigenvalue weighted by Gasteiger charge is -2.23. The highest BCUT2D eigenvalue weighted by atomic mass is 127. The number of ether oxygens (including phenoxy) is 1. The van der Waals surface area contributed by atoms with Crippen LogP contribution in [0.5, 0.6) is 0 Å². The van der Waals surface area contributed by atoms with E-state index >= 15 is 0 Å². The second kappa shape index (κ2) is 13.1. The van der Waals surface area contributed by atoms with Crippen molar-refractivity contribution in [2.45, 2.75) is 44.8 Å². The Kier molecular flexibility index (Phi) is 12.0. The fraction of sp³-hybridized carbons (Fsp3) is 0.722. The second-order valence-corrected chi connectivity index (χ2v) is 9.77. The third kappa shape index (κ3) is 9.92. The predicted molar refractivity (Wildman–Crippen MR) is 129 cm³/mol. The van der Waals surface area contributed by atoms with Gasteiger partial charge in [0.1, 0.15) is 5.60 Å². The van der Waals surface area contributed by atoms with Gasteiger partial charge in [-0.1, -0.05) is 0 Å². The Balaban J connectivity index is 0.00000420. The van der Waals surface area contributed by atoms with E-state index in [2.05, 4.69) is 20.3 Å². The van der Waals surface area contributed by atoms with Crippen LogP contribution < -0.4 is 15.4 Å². The number of nitrogens with zero attached hydrogens (tertiary/aromatic N) is 1. The van der Waals surface area contributed by atoms with E-state index in [9.17, 15) is 13.5 Å². The van der Waals surface area contributed by atoms with Crippen molar-refractivity contribution in [2.75, 3.05) is 38.5 Å². The molecule has 11 heteroatoms. The van der Waals surface area contributed by atoms with E-state index in [4.69, 9.17) is 4.74 Å². The molecule has 1 aromatic rings. The van der Waals surface area contributed by atoms with Crippen LogP contribution in [0.2, 0.25) is 0 Å². The van der Waals surface area contributed by atoms with E-state index in [1.165, 1.54) is 11.3 Å². The zero-order valence-corrected chi connectivity index (χ0v) is 21.0. The molecule has 1 aliphatic heterocycles. The summed E-state index contributed by atoms with van der Waals surface area (Å²) < 4.78 is 32.5. The molecule has 1 aromatic heterocycles. The molecule has 0 aromatic carbocycles. The number of sulfonamides is 1. The van der Waals surface area contributed by atoms with E-state index in [0.717, 1.165) is 24.8 Å². The number of halogens is 1. The van der Waals surface area contributed by atoms with Crippen LogP contribution in [0, 0.1) is 0 Å². The molecule has 0 saturated carbocycles. The van der Waals surface area contributed by atoms with Crippen molar-refractivity contribution in [3.8, 4) is 0 Å². The molecule has 4 N–H and O–H groups in total. The number of guanidine groups is 1. The lowest BCUT2D eigenvalue weighted by Crippen LogP contribution is -2.43. The normalized spacial score (nSPS) is 19.8. The van der Waals surface area contributed by atoms with Gasteiger partial charge in [-0.2, -0.15) is 11.3 Å². The van der Waals surface area contributed by atoms with Gasteiger partial charge in [-0.15, -0.1) is 24.0 Å². The average molecular weight is 561 g/mol. The summed E-state index contributed by atoms with van der Waals surface area (Å²) in [6.45, 7) is 5.68. The molecule has 0 aliphatic carbocycles. The van der Waals surface area contributed by atoms with Gasteiger partial charge in [0.15, 0.2) is 5.96 Å². The summed E-state index contributed by atoms with van der Waals surface area (Å²) in [5.41, 5.74) is -0.260. The molecule has 168 valence electrons. The standard InChI is InChI=1S/C18H32N4O4S2.HI/c1-3-19-17(21-14-18(2,23)15-7-10-27-13-15)20-8-11-28(24,25)22-12-16-6-4-5-9-26-16;/h7,10,13,16,22-23H,3-6,8-9,11-12,14H2,1-2H3,(H2,19,20,21);1H. The van der Waals surface area contributed by atoms with E-state index in [1.54, 1.807) is 6.92 Å². The third-order valence-corrected chi connectivity index (χ3v) is 6.53. The topological polar surface area (TPSA) is 112 Å². The smallest absolute Gasteiger partial charge is 0.213 e. The molecule has 1 fully saturated rings. The molecule has 2 unspecified atom stereocenters. The molecular weight excluding hydrogens is 527 g/mol. The molecule has 1 saturated heterocycles. The maximum absolute atomic E-state index is 12.2. The van der Waals surface area contributed by atoms with Gasteiger partial charge in [-0.05, 0) is 55.5 Å². The van der Waals surface area contributed by atoms with E-state index in [-0.39, 0.29) is 48.9 Å². The van der Waals surface area contributed by atoms with Crippen molar-refractivity contribution in [3.63, 3.8) is 0 Å². The van der Waals surface area contributed by atoms with E-state index in [1.807, 2.05) is 23.8 Å². The fourth-order valence-corrected chi connectivity index (χ4v) is 4.54. The molecule has 2 atom stereocenters. The quantitative estimate of drug-likeness (QED) is 0.197. The monoisotopic (exact) mass is 560 g/mol. The van der Waals surface area contributed by atoms with Crippen molar-refractivity contribution in [1.82, 2.24) is 15.4 Å². The molecule has 1 aliphatic rings. The first-order chi connectivity index (χ1) is 13.3. The number of aliphatic imine (C=N–C) groups is 1. The van der Waals surface area contributed by atoms with Crippen LogP contribution in [0.3, 0.4) is 0 Å². The first kappa shape index (κ1) is 26.6. The molecule has 0 radical (unpaired) electrons. The minimum atomic E-state index is -3.39. The maximum atomic E-state index is 12.2. The minimum Gasteiger partial charge on any atom is -0.383 e. The summed E-state index contributed by atoms with van der Waals surface area (Å²) in [7, 11) is -3.39. The van der Waals surface area contributed by atoms with Crippen LogP contribution in [0.15, 0.2) is 21.8 Å². The average Bonchev–Trinajstić information content (AvgIpc) is 3.21. The number of nitrogens with one attached hydrogen (secondary N) is 3. The van der Waals surface area contributed by atoms with E-state index in [0.29, 0.717) is 25.7 Å². The van der Waals surface area contributed by atoms with Gasteiger partial charge in [0.25, 0.3) is 0 Å². The number of hydrogen-bond donors (Lipinski definition) is 4. The van der Waals surface area contributed by atoms with Crippen LogP contribution >= 0.6 is 35.3 Å². The van der Waals surface area contributed by atoms with Gasteiger partial charge in [-0.3, -0.25) is 0 Å². The summed E-state index contributed by atoms with van der Waals surface area (Å²) >= 11 is 1.52. The number of rotatable bonds is 10. The molecule has 8 nitrogen and oxygen atoms in total. The first-order valence-corrected chi connectivity index (χ1v) is 12.3. The van der Waals surface area contributed by atoms with Crippen molar-refractivity contribution >= 4 is 51.3 Å². The Morgan fingerprint density at radius 3 is 2.83 bits per heavy atom. The van der Waals surface area contributed by atoms with Gasteiger partial charge >= 0.3 is 0 Å². The van der Waals surface area contributed by atoms with Crippen LogP contribution in [0.4, 0.5) is 0 Å². The Labute approximate surface area is 195 Å². The highest BCUT2D eigenvalue weighted by molar-refractivity contribution is 14.0. The van der Waals surface area contributed by atoms with Crippen molar-refractivity contribution in [3.05, 3.63) is 22.4 Å². The minimum absolute atomic E-state index is 0.